The fraction of sp³-hybridized carbons (Fsp3) is 0.333. The number of benzene rings is 1. The average molecular weight is 285 g/mol. The van der Waals surface area contributed by atoms with Crippen molar-refractivity contribution in [3.63, 3.8) is 0 Å². The van der Waals surface area contributed by atoms with Crippen LogP contribution in [0.2, 0.25) is 0 Å². The summed E-state index contributed by atoms with van der Waals surface area (Å²) in [5.41, 5.74) is 0.423. The molecule has 0 aromatic heterocycles. The van der Waals surface area contributed by atoms with Crippen LogP contribution in [0.25, 0.3) is 0 Å². The van der Waals surface area contributed by atoms with Crippen molar-refractivity contribution in [3.8, 4) is 0 Å². The van der Waals surface area contributed by atoms with Gasteiger partial charge >= 0.3 is 5.97 Å². The van der Waals surface area contributed by atoms with E-state index in [-0.39, 0.29) is 5.56 Å². The zero-order valence-corrected chi connectivity index (χ0v) is 11.6. The fourth-order valence-corrected chi connectivity index (χ4v) is 1.53. The standard InChI is InChI=1S/C12H15NO5S/c1-12(2,19(3,17)18)11(16)13-9-6-4-8(5-7-9)10(14)15/h4-7H,1-3H3,(H,13,16)(H,14,15). The van der Waals surface area contributed by atoms with Gasteiger partial charge < -0.3 is 10.4 Å². The Labute approximate surface area is 111 Å². The molecule has 19 heavy (non-hydrogen) atoms. The largest absolute Gasteiger partial charge is 0.478 e. The summed E-state index contributed by atoms with van der Waals surface area (Å²) in [6.45, 7) is 2.62. The van der Waals surface area contributed by atoms with Gasteiger partial charge in [-0.15, -0.1) is 0 Å². The molecule has 1 aromatic rings. The molecule has 0 aliphatic rings. The van der Waals surface area contributed by atoms with E-state index < -0.39 is 26.5 Å². The van der Waals surface area contributed by atoms with E-state index in [1.165, 1.54) is 38.1 Å². The number of aromatic carboxylic acids is 1. The maximum atomic E-state index is 11.9. The first-order chi connectivity index (χ1) is 8.55. The fourth-order valence-electron chi connectivity index (χ4n) is 1.15. The van der Waals surface area contributed by atoms with Gasteiger partial charge in [0.15, 0.2) is 9.84 Å². The third-order valence-electron chi connectivity index (χ3n) is 2.86. The molecule has 0 bridgehead atoms. The lowest BCUT2D eigenvalue weighted by Gasteiger charge is -2.21. The Morgan fingerprint density at radius 2 is 1.63 bits per heavy atom. The number of carboxylic acid groups (broad SMARTS) is 1. The Morgan fingerprint density at radius 3 is 2.00 bits per heavy atom. The minimum atomic E-state index is -3.55. The van der Waals surface area contributed by atoms with E-state index in [4.69, 9.17) is 5.11 Å². The van der Waals surface area contributed by atoms with Gasteiger partial charge in [-0.2, -0.15) is 0 Å². The second-order valence-electron chi connectivity index (χ2n) is 4.62. The number of carboxylic acids is 1. The van der Waals surface area contributed by atoms with E-state index in [1.54, 1.807) is 0 Å². The van der Waals surface area contributed by atoms with Crippen molar-refractivity contribution in [1.29, 1.82) is 0 Å². The monoisotopic (exact) mass is 285 g/mol. The minimum Gasteiger partial charge on any atom is -0.478 e. The number of rotatable bonds is 4. The molecule has 1 amide bonds. The van der Waals surface area contributed by atoms with Crippen molar-refractivity contribution in [1.82, 2.24) is 0 Å². The van der Waals surface area contributed by atoms with Crippen LogP contribution in [0.3, 0.4) is 0 Å². The second-order valence-corrected chi connectivity index (χ2v) is 7.18. The topological polar surface area (TPSA) is 101 Å². The number of carbonyl (C=O) groups excluding carboxylic acids is 1. The van der Waals surface area contributed by atoms with Crippen molar-refractivity contribution in [2.24, 2.45) is 0 Å². The number of carbonyl (C=O) groups is 2. The molecule has 6 nitrogen and oxygen atoms in total. The summed E-state index contributed by atoms with van der Waals surface area (Å²) in [5, 5.41) is 11.2. The number of amides is 1. The second kappa shape index (κ2) is 5.00. The predicted octanol–water partition coefficient (Wildman–Crippen LogP) is 1.15. The SMILES string of the molecule is CC(C)(C(=O)Nc1ccc(C(=O)O)cc1)S(C)(=O)=O. The molecular weight excluding hydrogens is 270 g/mol. The highest BCUT2D eigenvalue weighted by atomic mass is 32.2. The van der Waals surface area contributed by atoms with Gasteiger partial charge in [0.25, 0.3) is 0 Å². The van der Waals surface area contributed by atoms with E-state index >= 15 is 0 Å². The Hall–Kier alpha value is -1.89. The first-order valence-corrected chi connectivity index (χ1v) is 7.29. The summed E-state index contributed by atoms with van der Waals surface area (Å²) >= 11 is 0. The minimum absolute atomic E-state index is 0.0837. The molecule has 2 N–H and O–H groups in total. The summed E-state index contributed by atoms with van der Waals surface area (Å²) in [4.78, 5) is 22.6. The van der Waals surface area contributed by atoms with Crippen LogP contribution in [0.15, 0.2) is 24.3 Å². The molecular formula is C12H15NO5S. The lowest BCUT2D eigenvalue weighted by Crippen LogP contribution is -2.43. The van der Waals surface area contributed by atoms with Gasteiger partial charge in [-0.05, 0) is 38.1 Å². The van der Waals surface area contributed by atoms with Gasteiger partial charge in [0.2, 0.25) is 5.91 Å². The highest BCUT2D eigenvalue weighted by Gasteiger charge is 2.38. The van der Waals surface area contributed by atoms with E-state index in [2.05, 4.69) is 5.32 Å². The normalized spacial score (nSPS) is 11.9. The molecule has 0 heterocycles. The highest BCUT2D eigenvalue weighted by Crippen LogP contribution is 2.18. The van der Waals surface area contributed by atoms with Crippen LogP contribution < -0.4 is 5.32 Å². The quantitative estimate of drug-likeness (QED) is 0.864. The van der Waals surface area contributed by atoms with Crippen LogP contribution in [0.5, 0.6) is 0 Å². The zero-order chi connectivity index (χ0) is 14.8. The van der Waals surface area contributed by atoms with Crippen LogP contribution in [-0.2, 0) is 14.6 Å². The first-order valence-electron chi connectivity index (χ1n) is 5.40. The molecule has 0 spiro atoms. The molecule has 0 saturated heterocycles. The van der Waals surface area contributed by atoms with Crippen LogP contribution in [0.4, 0.5) is 5.69 Å². The highest BCUT2D eigenvalue weighted by molar-refractivity contribution is 7.92. The number of sulfone groups is 1. The van der Waals surface area contributed by atoms with Gasteiger partial charge in [-0.25, -0.2) is 13.2 Å². The van der Waals surface area contributed by atoms with Gasteiger partial charge in [0, 0.05) is 11.9 Å². The van der Waals surface area contributed by atoms with E-state index in [0.717, 1.165) is 6.26 Å². The number of nitrogens with one attached hydrogen (secondary N) is 1. The Balaban J connectivity index is 2.92. The van der Waals surface area contributed by atoms with Crippen LogP contribution >= 0.6 is 0 Å². The molecule has 0 radical (unpaired) electrons. The summed E-state index contributed by atoms with van der Waals surface area (Å²) < 4.78 is 21.4. The molecule has 1 rings (SSSR count). The molecule has 0 unspecified atom stereocenters. The summed E-state index contributed by atoms with van der Waals surface area (Å²) in [7, 11) is -3.55. The van der Waals surface area contributed by atoms with Gasteiger partial charge in [-0.1, -0.05) is 0 Å². The molecule has 1 aromatic carbocycles. The molecule has 104 valence electrons. The number of hydrogen-bond donors (Lipinski definition) is 2. The average Bonchev–Trinajstić information content (AvgIpc) is 2.28. The number of hydrogen-bond acceptors (Lipinski definition) is 4. The smallest absolute Gasteiger partial charge is 0.335 e. The van der Waals surface area contributed by atoms with E-state index in [0.29, 0.717) is 5.69 Å². The van der Waals surface area contributed by atoms with Crippen LogP contribution in [0, 0.1) is 0 Å². The Kier molecular flexibility index (Phi) is 4.00. The first kappa shape index (κ1) is 15.2. The van der Waals surface area contributed by atoms with Crippen molar-refractivity contribution in [2.45, 2.75) is 18.6 Å². The molecule has 0 fully saturated rings. The van der Waals surface area contributed by atoms with Crippen molar-refractivity contribution >= 4 is 27.4 Å². The summed E-state index contributed by atoms with van der Waals surface area (Å²) in [5.74, 6) is -1.74. The maximum Gasteiger partial charge on any atom is 0.335 e. The van der Waals surface area contributed by atoms with Crippen molar-refractivity contribution in [3.05, 3.63) is 29.8 Å². The Bertz CT molecular complexity index is 602. The lowest BCUT2D eigenvalue weighted by atomic mass is 10.1. The van der Waals surface area contributed by atoms with Gasteiger partial charge in [-0.3, -0.25) is 4.79 Å². The third kappa shape index (κ3) is 3.31. The van der Waals surface area contributed by atoms with Gasteiger partial charge in [0.05, 0.1) is 5.56 Å². The maximum absolute atomic E-state index is 11.9. The molecule has 0 atom stereocenters. The van der Waals surface area contributed by atoms with Crippen LogP contribution in [0.1, 0.15) is 24.2 Å². The lowest BCUT2D eigenvalue weighted by molar-refractivity contribution is -0.117. The van der Waals surface area contributed by atoms with Crippen molar-refractivity contribution in [2.75, 3.05) is 11.6 Å². The van der Waals surface area contributed by atoms with E-state index in [1.807, 2.05) is 0 Å². The molecule has 0 saturated carbocycles. The van der Waals surface area contributed by atoms with Crippen LogP contribution in [-0.4, -0.2) is 36.4 Å². The van der Waals surface area contributed by atoms with Crippen molar-refractivity contribution < 1.29 is 23.1 Å². The summed E-state index contributed by atoms with van der Waals surface area (Å²) in [6, 6.07) is 5.45. The summed E-state index contributed by atoms with van der Waals surface area (Å²) in [6.07, 6.45) is 0.986. The Morgan fingerprint density at radius 1 is 1.16 bits per heavy atom. The van der Waals surface area contributed by atoms with Gasteiger partial charge in [0.1, 0.15) is 4.75 Å². The zero-order valence-electron chi connectivity index (χ0n) is 10.8. The molecule has 0 aliphatic heterocycles. The van der Waals surface area contributed by atoms with E-state index in [9.17, 15) is 18.0 Å². The predicted molar refractivity (Wildman–Crippen MR) is 71.0 cm³/mol. The third-order valence-corrected chi connectivity index (χ3v) is 4.90. The molecule has 7 heteroatoms. The number of anilines is 1. The molecule has 0 aliphatic carbocycles.